The number of aryl methyl sites for hydroxylation is 1. The van der Waals surface area contributed by atoms with Crippen LogP contribution in [0.3, 0.4) is 0 Å². The maximum Gasteiger partial charge on any atom is 0.416 e. The summed E-state index contributed by atoms with van der Waals surface area (Å²) in [5.74, 6) is 0.0890. The molecule has 0 amide bonds. The number of ether oxygens (including phenoxy) is 2. The molecule has 4 rings (SSSR count). The summed E-state index contributed by atoms with van der Waals surface area (Å²) in [5.41, 5.74) is 0.852. The highest BCUT2D eigenvalue weighted by Crippen LogP contribution is 2.36. The van der Waals surface area contributed by atoms with Crippen molar-refractivity contribution >= 4 is 23.0 Å². The van der Waals surface area contributed by atoms with Crippen LogP contribution in [0.5, 0.6) is 6.01 Å². The number of hydrogen-bond acceptors (Lipinski definition) is 6. The van der Waals surface area contributed by atoms with E-state index in [2.05, 4.69) is 15.2 Å². The molecule has 3 aromatic rings. The Balaban J connectivity index is 1.61. The minimum Gasteiger partial charge on any atom is -0.393 e. The lowest BCUT2D eigenvalue weighted by Gasteiger charge is -2.41. The molecule has 2 aromatic carbocycles. The molecule has 0 spiro atoms. The highest BCUT2D eigenvalue weighted by Gasteiger charge is 2.37. The fourth-order valence-electron chi connectivity index (χ4n) is 4.06. The molecule has 7 nitrogen and oxygen atoms in total. The van der Waals surface area contributed by atoms with Crippen molar-refractivity contribution in [2.45, 2.75) is 45.0 Å². The molecule has 35 heavy (non-hydrogen) atoms. The standard InChI is InChI=1S/C23H23F4IN4O3/c1-13-9-16(11-17(10-13)23(25,26)27)14(2)34-21-20(15-3-5-18(24)6-4-15)32(7-8-33-21)12-19-29-22(35-28)31-30-19/h3-6,9-11,14,20-21H,7-8,12H2,1-2H3,(H,29,30,31). The quantitative estimate of drug-likeness (QED) is 0.276. The first kappa shape index (κ1) is 25.8. The fourth-order valence-corrected chi connectivity index (χ4v) is 4.26. The van der Waals surface area contributed by atoms with Gasteiger partial charge in [0.1, 0.15) is 5.82 Å². The van der Waals surface area contributed by atoms with Crippen molar-refractivity contribution in [3.05, 3.63) is 76.4 Å². The lowest BCUT2D eigenvalue weighted by molar-refractivity contribution is -0.231. The van der Waals surface area contributed by atoms with Gasteiger partial charge in [-0.3, -0.25) is 4.90 Å². The number of hydrogen-bond donors (Lipinski definition) is 1. The van der Waals surface area contributed by atoms with Gasteiger partial charge in [-0.15, -0.1) is 0 Å². The van der Waals surface area contributed by atoms with Crippen LogP contribution in [-0.4, -0.2) is 39.5 Å². The second-order valence-corrected chi connectivity index (χ2v) is 8.69. The lowest BCUT2D eigenvalue weighted by atomic mass is 10.0. The monoisotopic (exact) mass is 606 g/mol. The van der Waals surface area contributed by atoms with Gasteiger partial charge in [-0.1, -0.05) is 23.8 Å². The van der Waals surface area contributed by atoms with E-state index in [0.29, 0.717) is 36.6 Å². The Morgan fingerprint density at radius 3 is 2.63 bits per heavy atom. The number of halogens is 5. The number of nitrogens with one attached hydrogen (secondary N) is 1. The number of alkyl halides is 3. The van der Waals surface area contributed by atoms with E-state index < -0.39 is 30.2 Å². The van der Waals surface area contributed by atoms with E-state index in [1.54, 1.807) is 55.1 Å². The molecule has 188 valence electrons. The minimum absolute atomic E-state index is 0.258. The van der Waals surface area contributed by atoms with Crippen molar-refractivity contribution in [1.29, 1.82) is 0 Å². The molecule has 2 heterocycles. The summed E-state index contributed by atoms with van der Waals surface area (Å²) in [6.45, 7) is 4.43. The van der Waals surface area contributed by atoms with Crippen LogP contribution in [0.25, 0.3) is 0 Å². The second-order valence-electron chi connectivity index (χ2n) is 8.25. The maximum atomic E-state index is 13.6. The average molecular weight is 606 g/mol. The molecule has 1 fully saturated rings. The molecule has 3 unspecified atom stereocenters. The van der Waals surface area contributed by atoms with E-state index >= 15 is 0 Å². The van der Waals surface area contributed by atoms with Crippen LogP contribution in [-0.2, 0) is 22.2 Å². The van der Waals surface area contributed by atoms with Crippen molar-refractivity contribution in [1.82, 2.24) is 20.1 Å². The van der Waals surface area contributed by atoms with Crippen LogP contribution in [0.2, 0.25) is 0 Å². The summed E-state index contributed by atoms with van der Waals surface area (Å²) in [6, 6.07) is 9.57. The molecule has 3 atom stereocenters. The highest BCUT2D eigenvalue weighted by atomic mass is 127. The maximum absolute atomic E-state index is 13.6. The number of nitrogens with zero attached hydrogens (tertiary/aromatic N) is 3. The number of H-pyrrole nitrogens is 1. The van der Waals surface area contributed by atoms with Gasteiger partial charge < -0.3 is 12.5 Å². The summed E-state index contributed by atoms with van der Waals surface area (Å²) in [4.78, 5) is 6.27. The molecule has 1 aliphatic heterocycles. The van der Waals surface area contributed by atoms with Crippen LogP contribution < -0.4 is 3.07 Å². The number of aromatic amines is 1. The van der Waals surface area contributed by atoms with Crippen LogP contribution in [0.15, 0.2) is 42.5 Å². The zero-order valence-electron chi connectivity index (χ0n) is 18.9. The normalized spacial score (nSPS) is 20.1. The lowest BCUT2D eigenvalue weighted by Crippen LogP contribution is -2.46. The summed E-state index contributed by atoms with van der Waals surface area (Å²) in [6.07, 6.45) is -6.00. The molecule has 0 aliphatic carbocycles. The third-order valence-electron chi connectivity index (χ3n) is 5.69. The van der Waals surface area contributed by atoms with Crippen molar-refractivity contribution in [3.63, 3.8) is 0 Å². The van der Waals surface area contributed by atoms with Gasteiger partial charge >= 0.3 is 12.2 Å². The van der Waals surface area contributed by atoms with Gasteiger partial charge in [0.2, 0.25) is 0 Å². The Labute approximate surface area is 213 Å². The van der Waals surface area contributed by atoms with Crippen molar-refractivity contribution in [3.8, 4) is 6.01 Å². The fraction of sp³-hybridized carbons (Fsp3) is 0.391. The second kappa shape index (κ2) is 10.8. The average Bonchev–Trinajstić information content (AvgIpc) is 3.27. The molecule has 0 radical (unpaired) electrons. The van der Waals surface area contributed by atoms with Gasteiger partial charge in [0, 0.05) is 6.54 Å². The van der Waals surface area contributed by atoms with E-state index in [1.807, 2.05) is 4.90 Å². The molecule has 0 saturated carbocycles. The Morgan fingerprint density at radius 2 is 1.97 bits per heavy atom. The predicted molar refractivity (Wildman–Crippen MR) is 126 cm³/mol. The summed E-state index contributed by atoms with van der Waals surface area (Å²) >= 11 is 1.69. The number of benzene rings is 2. The molecular formula is C23H23F4IN4O3. The molecular weight excluding hydrogens is 583 g/mol. The van der Waals surface area contributed by atoms with E-state index in [0.717, 1.165) is 17.7 Å². The molecule has 1 aliphatic rings. The number of rotatable bonds is 7. The van der Waals surface area contributed by atoms with Gasteiger partial charge in [0.05, 0.1) is 30.9 Å². The molecule has 1 aromatic heterocycles. The van der Waals surface area contributed by atoms with E-state index in [9.17, 15) is 17.6 Å². The van der Waals surface area contributed by atoms with Gasteiger partial charge in [0.15, 0.2) is 35.1 Å². The van der Waals surface area contributed by atoms with Crippen molar-refractivity contribution < 1.29 is 30.1 Å². The Morgan fingerprint density at radius 1 is 1.23 bits per heavy atom. The largest absolute Gasteiger partial charge is 0.416 e. The summed E-state index contributed by atoms with van der Waals surface area (Å²) in [7, 11) is 0. The Bertz CT molecular complexity index is 1140. The van der Waals surface area contributed by atoms with Crippen LogP contribution in [0.1, 0.15) is 47.1 Å². The van der Waals surface area contributed by atoms with Gasteiger partial charge in [0.25, 0.3) is 0 Å². The first-order chi connectivity index (χ1) is 16.6. The van der Waals surface area contributed by atoms with Crippen LogP contribution in [0, 0.1) is 12.7 Å². The smallest absolute Gasteiger partial charge is 0.393 e. The SMILES string of the molecule is Cc1cc(C(C)OC2OCCN(Cc3n[nH]c(OI)n3)C2c2ccc(F)cc2)cc(C(F)(F)F)c1. The number of morpholine rings is 1. The van der Waals surface area contributed by atoms with E-state index in [4.69, 9.17) is 12.5 Å². The molecule has 0 bridgehead atoms. The molecule has 12 heteroatoms. The van der Waals surface area contributed by atoms with E-state index in [1.165, 1.54) is 12.1 Å². The molecule has 1 N–H and O–H groups in total. The molecule has 1 saturated heterocycles. The van der Waals surface area contributed by atoms with Crippen molar-refractivity contribution in [2.24, 2.45) is 0 Å². The van der Waals surface area contributed by atoms with Gasteiger partial charge in [-0.05, 0) is 49.2 Å². The first-order valence-corrected chi connectivity index (χ1v) is 11.7. The van der Waals surface area contributed by atoms with Crippen molar-refractivity contribution in [2.75, 3.05) is 13.2 Å². The zero-order valence-corrected chi connectivity index (χ0v) is 21.0. The zero-order chi connectivity index (χ0) is 25.2. The van der Waals surface area contributed by atoms with Gasteiger partial charge in [-0.25, -0.2) is 9.49 Å². The number of aromatic nitrogens is 3. The van der Waals surface area contributed by atoms with Gasteiger partial charge in [-0.2, -0.15) is 23.3 Å². The minimum atomic E-state index is -4.47. The topological polar surface area (TPSA) is 72.5 Å². The predicted octanol–water partition coefficient (Wildman–Crippen LogP) is 5.68. The Hall–Kier alpha value is -2.29. The van der Waals surface area contributed by atoms with E-state index in [-0.39, 0.29) is 11.8 Å². The Kier molecular flexibility index (Phi) is 7.93. The van der Waals surface area contributed by atoms with Crippen LogP contribution >= 0.6 is 23.0 Å². The van der Waals surface area contributed by atoms with Crippen LogP contribution in [0.4, 0.5) is 17.6 Å². The third kappa shape index (κ3) is 6.29. The first-order valence-electron chi connectivity index (χ1n) is 10.8. The third-order valence-corrected chi connectivity index (χ3v) is 6.10. The summed E-state index contributed by atoms with van der Waals surface area (Å²) < 4.78 is 70.8. The highest BCUT2D eigenvalue weighted by molar-refractivity contribution is 14.1. The summed E-state index contributed by atoms with van der Waals surface area (Å²) in [5, 5.41) is 6.82.